The van der Waals surface area contributed by atoms with Crippen LogP contribution in [0.2, 0.25) is 0 Å². The van der Waals surface area contributed by atoms with E-state index in [0.717, 1.165) is 26.2 Å². The SMILES string of the molecule is COCC1CN(Cc2cccs2)Cc2cn(C)nc21. The summed E-state index contributed by atoms with van der Waals surface area (Å²) in [6, 6.07) is 4.32. The predicted octanol–water partition coefficient (Wildman–Crippen LogP) is 2.23. The lowest BCUT2D eigenvalue weighted by Gasteiger charge is -2.31. The fraction of sp³-hybridized carbons (Fsp3) is 0.500. The van der Waals surface area contributed by atoms with Gasteiger partial charge in [-0.2, -0.15) is 5.10 Å². The van der Waals surface area contributed by atoms with E-state index in [0.29, 0.717) is 5.92 Å². The molecule has 0 radical (unpaired) electrons. The normalized spacial score (nSPS) is 19.6. The van der Waals surface area contributed by atoms with Crippen LogP contribution in [0.5, 0.6) is 0 Å². The third-order valence-electron chi connectivity index (χ3n) is 3.52. The van der Waals surface area contributed by atoms with Crippen LogP contribution >= 0.6 is 11.3 Å². The first-order valence-electron chi connectivity index (χ1n) is 6.52. The van der Waals surface area contributed by atoms with Gasteiger partial charge in [-0.3, -0.25) is 9.58 Å². The van der Waals surface area contributed by atoms with E-state index >= 15 is 0 Å². The van der Waals surface area contributed by atoms with E-state index in [1.54, 1.807) is 7.11 Å². The minimum absolute atomic E-state index is 0.384. The van der Waals surface area contributed by atoms with Crippen LogP contribution in [0.3, 0.4) is 0 Å². The van der Waals surface area contributed by atoms with Crippen molar-refractivity contribution in [1.82, 2.24) is 14.7 Å². The van der Waals surface area contributed by atoms with Gasteiger partial charge >= 0.3 is 0 Å². The van der Waals surface area contributed by atoms with Crippen molar-refractivity contribution in [2.24, 2.45) is 7.05 Å². The van der Waals surface area contributed by atoms with E-state index in [-0.39, 0.29) is 0 Å². The average molecular weight is 277 g/mol. The molecule has 3 rings (SSSR count). The largest absolute Gasteiger partial charge is 0.384 e. The molecule has 0 aromatic carbocycles. The first-order valence-corrected chi connectivity index (χ1v) is 7.40. The maximum absolute atomic E-state index is 5.36. The molecule has 1 unspecified atom stereocenters. The Labute approximate surface area is 117 Å². The molecule has 1 atom stereocenters. The third-order valence-corrected chi connectivity index (χ3v) is 4.38. The molecule has 0 N–H and O–H groups in total. The number of methoxy groups -OCH3 is 1. The van der Waals surface area contributed by atoms with Gasteiger partial charge in [-0.15, -0.1) is 11.3 Å². The van der Waals surface area contributed by atoms with Crippen LogP contribution < -0.4 is 0 Å². The van der Waals surface area contributed by atoms with E-state index in [1.165, 1.54) is 16.1 Å². The molecule has 1 aliphatic rings. The first-order chi connectivity index (χ1) is 9.26. The molecule has 3 heterocycles. The molecule has 2 aromatic heterocycles. The van der Waals surface area contributed by atoms with Gasteiger partial charge in [0.2, 0.25) is 0 Å². The summed E-state index contributed by atoms with van der Waals surface area (Å²) in [6.07, 6.45) is 2.14. The fourth-order valence-electron chi connectivity index (χ4n) is 2.80. The van der Waals surface area contributed by atoms with Gasteiger partial charge in [-0.1, -0.05) is 6.07 Å². The Hall–Kier alpha value is -1.17. The molecule has 0 fully saturated rings. The van der Waals surface area contributed by atoms with Crippen molar-refractivity contribution in [3.05, 3.63) is 39.8 Å². The van der Waals surface area contributed by atoms with Gasteiger partial charge in [0.15, 0.2) is 0 Å². The summed E-state index contributed by atoms with van der Waals surface area (Å²) in [5.74, 6) is 0.384. The molecule has 1 aliphatic heterocycles. The molecule has 5 heteroatoms. The molecule has 0 amide bonds. The molecule has 0 bridgehead atoms. The smallest absolute Gasteiger partial charge is 0.0736 e. The lowest BCUT2D eigenvalue weighted by molar-refractivity contribution is 0.135. The zero-order chi connectivity index (χ0) is 13.2. The standard InChI is InChI=1S/C14H19N3OS/c1-16-6-11-7-17(9-13-4-3-5-19-13)8-12(10-18-2)14(11)15-16/h3-6,12H,7-10H2,1-2H3. The van der Waals surface area contributed by atoms with Crippen LogP contribution in [0.25, 0.3) is 0 Å². The average Bonchev–Trinajstić information content (AvgIpc) is 2.98. The Morgan fingerprint density at radius 2 is 2.42 bits per heavy atom. The molecule has 0 aliphatic carbocycles. The second-order valence-corrected chi connectivity index (χ2v) is 6.15. The fourth-order valence-corrected chi connectivity index (χ4v) is 3.55. The third kappa shape index (κ3) is 2.73. The van der Waals surface area contributed by atoms with Crippen LogP contribution in [0.4, 0.5) is 0 Å². The second kappa shape index (κ2) is 5.45. The number of nitrogens with zero attached hydrogens (tertiary/aromatic N) is 3. The maximum Gasteiger partial charge on any atom is 0.0736 e. The molecule has 0 saturated carbocycles. The quantitative estimate of drug-likeness (QED) is 0.858. The van der Waals surface area contributed by atoms with Crippen molar-refractivity contribution in [2.75, 3.05) is 20.3 Å². The van der Waals surface area contributed by atoms with Crippen molar-refractivity contribution in [3.63, 3.8) is 0 Å². The van der Waals surface area contributed by atoms with E-state index in [4.69, 9.17) is 4.74 Å². The number of aromatic nitrogens is 2. The minimum Gasteiger partial charge on any atom is -0.384 e. The summed E-state index contributed by atoms with van der Waals surface area (Å²) in [5.41, 5.74) is 2.55. The Balaban J connectivity index is 1.79. The van der Waals surface area contributed by atoms with E-state index in [9.17, 15) is 0 Å². The summed E-state index contributed by atoms with van der Waals surface area (Å²) in [7, 11) is 3.76. The summed E-state index contributed by atoms with van der Waals surface area (Å²) in [6.45, 7) is 3.77. The zero-order valence-corrected chi connectivity index (χ0v) is 12.2. The highest BCUT2D eigenvalue weighted by atomic mass is 32.1. The molecule has 0 saturated heterocycles. The number of hydrogen-bond donors (Lipinski definition) is 0. The van der Waals surface area contributed by atoms with E-state index in [2.05, 4.69) is 33.7 Å². The van der Waals surface area contributed by atoms with Crippen LogP contribution in [-0.4, -0.2) is 34.9 Å². The number of hydrogen-bond acceptors (Lipinski definition) is 4. The van der Waals surface area contributed by atoms with Crippen molar-refractivity contribution in [2.45, 2.75) is 19.0 Å². The number of rotatable bonds is 4. The lowest BCUT2D eigenvalue weighted by atomic mass is 9.97. The monoisotopic (exact) mass is 277 g/mol. The van der Waals surface area contributed by atoms with Crippen molar-refractivity contribution in [3.8, 4) is 0 Å². The second-order valence-electron chi connectivity index (χ2n) is 5.11. The number of fused-ring (bicyclic) bond motifs is 1. The minimum atomic E-state index is 0.384. The van der Waals surface area contributed by atoms with Crippen LogP contribution in [-0.2, 0) is 24.9 Å². The van der Waals surface area contributed by atoms with Gasteiger partial charge in [0, 0.05) is 56.3 Å². The highest BCUT2D eigenvalue weighted by Crippen LogP contribution is 2.28. The van der Waals surface area contributed by atoms with Crippen LogP contribution in [0.1, 0.15) is 22.1 Å². The number of thiophene rings is 1. The van der Waals surface area contributed by atoms with Crippen LogP contribution in [0, 0.1) is 0 Å². The van der Waals surface area contributed by atoms with Crippen molar-refractivity contribution < 1.29 is 4.74 Å². The van der Waals surface area contributed by atoms with Gasteiger partial charge in [0.05, 0.1) is 12.3 Å². The highest BCUT2D eigenvalue weighted by Gasteiger charge is 2.28. The Morgan fingerprint density at radius 3 is 3.16 bits per heavy atom. The Kier molecular flexibility index (Phi) is 3.68. The van der Waals surface area contributed by atoms with Gasteiger partial charge in [0.1, 0.15) is 0 Å². The Morgan fingerprint density at radius 1 is 1.53 bits per heavy atom. The maximum atomic E-state index is 5.36. The number of aryl methyl sites for hydroxylation is 1. The molecule has 4 nitrogen and oxygen atoms in total. The summed E-state index contributed by atoms with van der Waals surface area (Å²) < 4.78 is 7.28. The molecule has 19 heavy (non-hydrogen) atoms. The lowest BCUT2D eigenvalue weighted by Crippen LogP contribution is -2.34. The van der Waals surface area contributed by atoms with Gasteiger partial charge in [0.25, 0.3) is 0 Å². The van der Waals surface area contributed by atoms with E-state index in [1.807, 2.05) is 23.1 Å². The summed E-state index contributed by atoms with van der Waals surface area (Å²) in [4.78, 5) is 3.91. The van der Waals surface area contributed by atoms with Gasteiger partial charge in [-0.25, -0.2) is 0 Å². The molecule has 0 spiro atoms. The Bertz CT molecular complexity index is 535. The van der Waals surface area contributed by atoms with Gasteiger partial charge in [-0.05, 0) is 11.4 Å². The van der Waals surface area contributed by atoms with Crippen LogP contribution in [0.15, 0.2) is 23.7 Å². The molecular weight excluding hydrogens is 258 g/mol. The molecule has 102 valence electrons. The highest BCUT2D eigenvalue weighted by molar-refractivity contribution is 7.09. The number of ether oxygens (including phenoxy) is 1. The summed E-state index contributed by atoms with van der Waals surface area (Å²) >= 11 is 1.82. The molecular formula is C14H19N3OS. The van der Waals surface area contributed by atoms with E-state index < -0.39 is 0 Å². The van der Waals surface area contributed by atoms with Gasteiger partial charge < -0.3 is 4.74 Å². The first kappa shape index (κ1) is 12.8. The zero-order valence-electron chi connectivity index (χ0n) is 11.4. The summed E-state index contributed by atoms with van der Waals surface area (Å²) in [5, 5.41) is 6.74. The molecule has 2 aromatic rings. The van der Waals surface area contributed by atoms with Crippen molar-refractivity contribution in [1.29, 1.82) is 0 Å². The topological polar surface area (TPSA) is 30.3 Å². The predicted molar refractivity (Wildman–Crippen MR) is 76.3 cm³/mol. The van der Waals surface area contributed by atoms with Crippen molar-refractivity contribution >= 4 is 11.3 Å².